The minimum Gasteiger partial charge on any atom is -0.473 e. The van der Waals surface area contributed by atoms with Crippen LogP contribution in [0.2, 0.25) is 10.0 Å². The molecule has 1 saturated carbocycles. The minimum absolute atomic E-state index is 0.0386. The van der Waals surface area contributed by atoms with E-state index in [0.717, 1.165) is 16.3 Å². The summed E-state index contributed by atoms with van der Waals surface area (Å²) in [6.07, 6.45) is 3.89. The standard InChI is InChI=1S/C21H21Cl2N3O4/c1-26(29-2)19(27)12-3-4-17-15(9-12)21(20(28)25-17)7-5-14(6-8-21)30-18-16(23)10-13(22)11-24-18/h3-4,9-11,14H,5-8H2,1-2H3,(H,25,28). The highest BCUT2D eigenvalue weighted by molar-refractivity contribution is 6.35. The summed E-state index contributed by atoms with van der Waals surface area (Å²) in [6.45, 7) is 0. The number of aromatic nitrogens is 1. The van der Waals surface area contributed by atoms with Crippen molar-refractivity contribution < 1.29 is 19.2 Å². The number of hydrogen-bond acceptors (Lipinski definition) is 5. The molecule has 1 aromatic carbocycles. The minimum atomic E-state index is -0.672. The molecule has 2 amide bonds. The second-order valence-electron chi connectivity index (χ2n) is 7.54. The lowest BCUT2D eigenvalue weighted by atomic mass is 9.69. The lowest BCUT2D eigenvalue weighted by molar-refractivity contribution is -0.122. The number of carbonyl (C=O) groups is 2. The van der Waals surface area contributed by atoms with Crippen LogP contribution in [0.15, 0.2) is 30.5 Å². The number of fused-ring (bicyclic) bond motifs is 2. The van der Waals surface area contributed by atoms with E-state index in [-0.39, 0.29) is 17.9 Å². The molecule has 158 valence electrons. The fourth-order valence-corrected chi connectivity index (χ4v) is 4.58. The molecule has 7 nitrogen and oxygen atoms in total. The predicted molar refractivity (Wildman–Crippen MR) is 113 cm³/mol. The molecular weight excluding hydrogens is 429 g/mol. The highest BCUT2D eigenvalue weighted by atomic mass is 35.5. The van der Waals surface area contributed by atoms with Gasteiger partial charge in [0, 0.05) is 24.5 Å². The molecule has 0 bridgehead atoms. The molecule has 0 atom stereocenters. The highest BCUT2D eigenvalue weighted by Crippen LogP contribution is 2.48. The van der Waals surface area contributed by atoms with Gasteiger partial charge >= 0.3 is 0 Å². The van der Waals surface area contributed by atoms with Crippen LogP contribution in [0, 0.1) is 0 Å². The Balaban J connectivity index is 1.54. The average molecular weight is 450 g/mol. The van der Waals surface area contributed by atoms with E-state index in [2.05, 4.69) is 10.3 Å². The number of amides is 2. The molecule has 1 spiro atoms. The first-order valence-electron chi connectivity index (χ1n) is 9.60. The number of hydroxylamine groups is 2. The van der Waals surface area contributed by atoms with E-state index in [0.29, 0.717) is 47.2 Å². The van der Waals surface area contributed by atoms with Crippen molar-refractivity contribution in [2.24, 2.45) is 0 Å². The van der Waals surface area contributed by atoms with Crippen LogP contribution in [0.3, 0.4) is 0 Å². The van der Waals surface area contributed by atoms with Crippen LogP contribution in [-0.2, 0) is 15.0 Å². The first kappa shape index (κ1) is 20.9. The number of halogens is 2. The molecular formula is C21H21Cl2N3O4. The summed E-state index contributed by atoms with van der Waals surface area (Å²) in [5.41, 5.74) is 1.40. The van der Waals surface area contributed by atoms with E-state index >= 15 is 0 Å². The van der Waals surface area contributed by atoms with Gasteiger partial charge < -0.3 is 10.1 Å². The monoisotopic (exact) mass is 449 g/mol. The predicted octanol–water partition coefficient (Wildman–Crippen LogP) is 4.23. The maximum atomic E-state index is 12.9. The van der Waals surface area contributed by atoms with Gasteiger partial charge in [-0.2, -0.15) is 0 Å². The summed E-state index contributed by atoms with van der Waals surface area (Å²) in [7, 11) is 2.98. The number of rotatable bonds is 4. The Morgan fingerprint density at radius 1 is 1.27 bits per heavy atom. The van der Waals surface area contributed by atoms with Gasteiger partial charge in [-0.1, -0.05) is 23.2 Å². The van der Waals surface area contributed by atoms with Gasteiger partial charge in [0.05, 0.1) is 17.5 Å². The van der Waals surface area contributed by atoms with Gasteiger partial charge in [0.2, 0.25) is 11.8 Å². The van der Waals surface area contributed by atoms with Crippen LogP contribution >= 0.6 is 23.2 Å². The lowest BCUT2D eigenvalue weighted by Gasteiger charge is -2.35. The molecule has 30 heavy (non-hydrogen) atoms. The van der Waals surface area contributed by atoms with Crippen molar-refractivity contribution in [3.05, 3.63) is 51.6 Å². The average Bonchev–Trinajstić information content (AvgIpc) is 3.01. The summed E-state index contributed by atoms with van der Waals surface area (Å²) in [6, 6.07) is 6.85. The summed E-state index contributed by atoms with van der Waals surface area (Å²) in [5, 5.41) is 4.92. The van der Waals surface area contributed by atoms with E-state index in [1.165, 1.54) is 13.3 Å². The number of nitrogens with one attached hydrogen (secondary N) is 1. The lowest BCUT2D eigenvalue weighted by Crippen LogP contribution is -2.41. The second kappa shape index (κ2) is 8.06. The number of nitrogens with zero attached hydrogens (tertiary/aromatic N) is 2. The highest BCUT2D eigenvalue weighted by Gasteiger charge is 2.49. The number of anilines is 1. The van der Waals surface area contributed by atoms with Crippen LogP contribution in [0.1, 0.15) is 41.6 Å². The van der Waals surface area contributed by atoms with Crippen molar-refractivity contribution >= 4 is 40.7 Å². The second-order valence-corrected chi connectivity index (χ2v) is 8.38. The number of pyridine rings is 1. The maximum absolute atomic E-state index is 12.9. The largest absolute Gasteiger partial charge is 0.473 e. The fourth-order valence-electron chi connectivity index (χ4n) is 4.16. The third kappa shape index (κ3) is 3.62. The van der Waals surface area contributed by atoms with Crippen molar-refractivity contribution in [3.8, 4) is 5.88 Å². The zero-order valence-corrected chi connectivity index (χ0v) is 18.1. The summed E-state index contributed by atoms with van der Waals surface area (Å²) >= 11 is 12.0. The van der Waals surface area contributed by atoms with Gasteiger partial charge in [-0.15, -0.1) is 0 Å². The van der Waals surface area contributed by atoms with E-state index in [4.69, 9.17) is 32.8 Å². The third-order valence-corrected chi connectivity index (χ3v) is 6.34. The van der Waals surface area contributed by atoms with Gasteiger partial charge in [-0.05, 0) is 55.5 Å². The van der Waals surface area contributed by atoms with Crippen LogP contribution in [0.25, 0.3) is 0 Å². The molecule has 0 radical (unpaired) electrons. The van der Waals surface area contributed by atoms with Crippen molar-refractivity contribution in [1.82, 2.24) is 10.0 Å². The molecule has 1 fully saturated rings. The Morgan fingerprint density at radius 2 is 2.00 bits per heavy atom. The quantitative estimate of drug-likeness (QED) is 0.706. The van der Waals surface area contributed by atoms with Crippen molar-refractivity contribution in [1.29, 1.82) is 0 Å². The van der Waals surface area contributed by atoms with Gasteiger partial charge in [0.1, 0.15) is 11.1 Å². The summed E-state index contributed by atoms with van der Waals surface area (Å²) in [4.78, 5) is 34.5. The van der Waals surface area contributed by atoms with Crippen LogP contribution in [0.4, 0.5) is 5.69 Å². The van der Waals surface area contributed by atoms with Gasteiger partial charge in [-0.25, -0.2) is 10.0 Å². The van der Waals surface area contributed by atoms with Crippen LogP contribution < -0.4 is 10.1 Å². The maximum Gasteiger partial charge on any atom is 0.277 e. The van der Waals surface area contributed by atoms with Crippen molar-refractivity contribution in [2.75, 3.05) is 19.5 Å². The van der Waals surface area contributed by atoms with Crippen molar-refractivity contribution in [2.45, 2.75) is 37.2 Å². The molecule has 4 rings (SSSR count). The Bertz CT molecular complexity index is 1010. The van der Waals surface area contributed by atoms with Crippen LogP contribution in [0.5, 0.6) is 5.88 Å². The normalized spacial score (nSPS) is 22.5. The Kier molecular flexibility index (Phi) is 5.61. The first-order chi connectivity index (χ1) is 14.3. The molecule has 9 heteroatoms. The molecule has 2 aromatic rings. The molecule has 0 saturated heterocycles. The summed E-state index contributed by atoms with van der Waals surface area (Å²) in [5.74, 6) is 0.0346. The Hall–Kier alpha value is -2.35. The molecule has 0 unspecified atom stereocenters. The van der Waals surface area contributed by atoms with Crippen molar-refractivity contribution in [3.63, 3.8) is 0 Å². The molecule has 1 N–H and O–H groups in total. The van der Waals surface area contributed by atoms with Crippen LogP contribution in [-0.4, -0.2) is 42.1 Å². The molecule has 2 aliphatic rings. The number of ether oxygens (including phenoxy) is 1. The van der Waals surface area contributed by atoms with Gasteiger partial charge in [0.25, 0.3) is 5.91 Å². The topological polar surface area (TPSA) is 80.8 Å². The fraction of sp³-hybridized carbons (Fsp3) is 0.381. The number of carbonyl (C=O) groups excluding carboxylic acids is 2. The molecule has 1 aliphatic heterocycles. The number of hydrogen-bond donors (Lipinski definition) is 1. The van der Waals surface area contributed by atoms with E-state index in [9.17, 15) is 9.59 Å². The Labute approximate surface area is 184 Å². The third-order valence-electron chi connectivity index (χ3n) is 5.86. The van der Waals surface area contributed by atoms with Gasteiger partial charge in [0.15, 0.2) is 0 Å². The smallest absolute Gasteiger partial charge is 0.277 e. The summed E-state index contributed by atoms with van der Waals surface area (Å²) < 4.78 is 5.96. The first-order valence-corrected chi connectivity index (χ1v) is 10.4. The van der Waals surface area contributed by atoms with E-state index in [1.807, 2.05) is 0 Å². The molecule has 1 aliphatic carbocycles. The number of benzene rings is 1. The molecule has 1 aromatic heterocycles. The Morgan fingerprint density at radius 3 is 2.67 bits per heavy atom. The zero-order chi connectivity index (χ0) is 21.5. The van der Waals surface area contributed by atoms with E-state index in [1.54, 1.807) is 31.3 Å². The SMILES string of the molecule is CON(C)C(=O)c1ccc2c(c1)C1(CCC(Oc3ncc(Cl)cc3Cl)CC1)C(=O)N2. The van der Waals surface area contributed by atoms with E-state index < -0.39 is 5.41 Å². The molecule has 2 heterocycles. The van der Waals surface area contributed by atoms with Gasteiger partial charge in [-0.3, -0.25) is 14.4 Å². The zero-order valence-electron chi connectivity index (χ0n) is 16.6.